The third kappa shape index (κ3) is 2.63. The zero-order chi connectivity index (χ0) is 14.1. The standard InChI is InChI=1S/C19H21NS/c1-3-9-17-14(6-1)12-15-7-2-4-10-18(15)19(17)20-16-8-5-11-21-13-16/h1-4,6-7,9-10,16,19-20H,5,8,11-13H2. The Labute approximate surface area is 131 Å². The van der Waals surface area contributed by atoms with E-state index in [9.17, 15) is 0 Å². The molecule has 1 saturated heterocycles. The summed E-state index contributed by atoms with van der Waals surface area (Å²) in [4.78, 5) is 0. The molecule has 0 aromatic heterocycles. The molecule has 1 aliphatic heterocycles. The summed E-state index contributed by atoms with van der Waals surface area (Å²) in [6.07, 6.45) is 3.73. The van der Waals surface area contributed by atoms with Gasteiger partial charge < -0.3 is 5.32 Å². The van der Waals surface area contributed by atoms with Gasteiger partial charge in [0.05, 0.1) is 6.04 Å². The fourth-order valence-electron chi connectivity index (χ4n) is 3.61. The van der Waals surface area contributed by atoms with Crippen molar-refractivity contribution in [3.05, 3.63) is 70.8 Å². The molecule has 1 atom stereocenters. The topological polar surface area (TPSA) is 12.0 Å². The molecule has 0 saturated carbocycles. The predicted octanol–water partition coefficient (Wildman–Crippen LogP) is 4.17. The number of nitrogens with one attached hydrogen (secondary N) is 1. The summed E-state index contributed by atoms with van der Waals surface area (Å²) in [5.74, 6) is 2.58. The average molecular weight is 295 g/mol. The number of benzene rings is 2. The minimum absolute atomic E-state index is 0.370. The molecule has 0 spiro atoms. The molecule has 2 aliphatic rings. The maximum absolute atomic E-state index is 3.95. The van der Waals surface area contributed by atoms with E-state index in [-0.39, 0.29) is 0 Å². The lowest BCUT2D eigenvalue weighted by Crippen LogP contribution is -2.38. The lowest BCUT2D eigenvalue weighted by atomic mass is 9.82. The highest BCUT2D eigenvalue weighted by Crippen LogP contribution is 2.35. The Morgan fingerprint density at radius 1 is 0.905 bits per heavy atom. The van der Waals surface area contributed by atoms with Crippen LogP contribution < -0.4 is 5.32 Å². The monoisotopic (exact) mass is 295 g/mol. The van der Waals surface area contributed by atoms with Crippen LogP contribution in [0.2, 0.25) is 0 Å². The molecule has 1 unspecified atom stereocenters. The predicted molar refractivity (Wildman–Crippen MR) is 91.0 cm³/mol. The van der Waals surface area contributed by atoms with E-state index in [4.69, 9.17) is 0 Å². The van der Waals surface area contributed by atoms with Crippen LogP contribution in [-0.2, 0) is 6.42 Å². The molecule has 2 heteroatoms. The third-order valence-electron chi connectivity index (χ3n) is 4.68. The van der Waals surface area contributed by atoms with Gasteiger partial charge >= 0.3 is 0 Å². The average Bonchev–Trinajstić information content (AvgIpc) is 2.55. The van der Waals surface area contributed by atoms with Gasteiger partial charge in [0.15, 0.2) is 0 Å². The van der Waals surface area contributed by atoms with Crippen LogP contribution in [0.15, 0.2) is 48.5 Å². The van der Waals surface area contributed by atoms with E-state index in [0.29, 0.717) is 12.1 Å². The Bertz CT molecular complexity index is 585. The molecule has 2 aromatic rings. The molecule has 1 heterocycles. The van der Waals surface area contributed by atoms with Gasteiger partial charge in [-0.1, -0.05) is 48.5 Å². The van der Waals surface area contributed by atoms with Crippen LogP contribution in [0.25, 0.3) is 0 Å². The second-order valence-corrected chi connectivity index (χ2v) is 7.24. The maximum Gasteiger partial charge on any atom is 0.0584 e. The van der Waals surface area contributed by atoms with Crippen molar-refractivity contribution in [1.29, 1.82) is 0 Å². The van der Waals surface area contributed by atoms with Gasteiger partial charge in [0.25, 0.3) is 0 Å². The summed E-state index contributed by atoms with van der Waals surface area (Å²) in [7, 11) is 0. The van der Waals surface area contributed by atoms with Gasteiger partial charge in [-0.15, -0.1) is 0 Å². The Kier molecular flexibility index (Phi) is 3.74. The first-order chi connectivity index (χ1) is 10.4. The number of fused-ring (bicyclic) bond motifs is 2. The Morgan fingerprint density at radius 2 is 1.57 bits per heavy atom. The van der Waals surface area contributed by atoms with Crippen molar-refractivity contribution in [2.75, 3.05) is 11.5 Å². The van der Waals surface area contributed by atoms with Gasteiger partial charge in [-0.25, -0.2) is 0 Å². The smallest absolute Gasteiger partial charge is 0.0584 e. The summed E-state index contributed by atoms with van der Waals surface area (Å²) < 4.78 is 0. The summed E-state index contributed by atoms with van der Waals surface area (Å²) >= 11 is 2.09. The number of hydrogen-bond acceptors (Lipinski definition) is 2. The summed E-state index contributed by atoms with van der Waals surface area (Å²) in [6, 6.07) is 18.9. The first kappa shape index (κ1) is 13.4. The molecule has 0 amide bonds. The second kappa shape index (κ2) is 5.86. The van der Waals surface area contributed by atoms with Crippen LogP contribution in [0.4, 0.5) is 0 Å². The highest BCUT2D eigenvalue weighted by atomic mass is 32.2. The van der Waals surface area contributed by atoms with Gasteiger partial charge in [0.1, 0.15) is 0 Å². The van der Waals surface area contributed by atoms with Crippen LogP contribution in [0, 0.1) is 0 Å². The molecule has 21 heavy (non-hydrogen) atoms. The molecule has 1 fully saturated rings. The molecule has 1 N–H and O–H groups in total. The van der Waals surface area contributed by atoms with Crippen LogP contribution >= 0.6 is 11.8 Å². The van der Waals surface area contributed by atoms with Crippen LogP contribution in [0.1, 0.15) is 41.1 Å². The lowest BCUT2D eigenvalue weighted by molar-refractivity contribution is 0.462. The first-order valence-electron chi connectivity index (χ1n) is 7.91. The second-order valence-electron chi connectivity index (χ2n) is 6.09. The SMILES string of the molecule is c1ccc2c(c1)Cc1ccccc1C2NC1CCCSC1. The van der Waals surface area contributed by atoms with E-state index in [1.54, 1.807) is 0 Å². The van der Waals surface area contributed by atoms with Crippen molar-refractivity contribution in [1.82, 2.24) is 5.32 Å². The third-order valence-corrected chi connectivity index (χ3v) is 5.89. The number of thioether (sulfide) groups is 1. The van der Waals surface area contributed by atoms with E-state index >= 15 is 0 Å². The maximum atomic E-state index is 3.95. The van der Waals surface area contributed by atoms with Crippen molar-refractivity contribution < 1.29 is 0 Å². The van der Waals surface area contributed by atoms with Gasteiger partial charge in [-0.3, -0.25) is 0 Å². The molecular weight excluding hydrogens is 274 g/mol. The van der Waals surface area contributed by atoms with Crippen molar-refractivity contribution in [2.45, 2.75) is 31.3 Å². The molecule has 2 aromatic carbocycles. The zero-order valence-corrected chi connectivity index (χ0v) is 13.0. The molecule has 1 nitrogen and oxygen atoms in total. The van der Waals surface area contributed by atoms with Crippen LogP contribution in [0.3, 0.4) is 0 Å². The van der Waals surface area contributed by atoms with Crippen molar-refractivity contribution in [3.8, 4) is 0 Å². The van der Waals surface area contributed by atoms with Gasteiger partial charge in [0, 0.05) is 11.8 Å². The highest BCUT2D eigenvalue weighted by molar-refractivity contribution is 7.99. The van der Waals surface area contributed by atoms with E-state index in [1.165, 1.54) is 46.6 Å². The van der Waals surface area contributed by atoms with E-state index in [2.05, 4.69) is 65.6 Å². The largest absolute Gasteiger partial charge is 0.303 e. The molecule has 108 valence electrons. The fraction of sp³-hybridized carbons (Fsp3) is 0.368. The quantitative estimate of drug-likeness (QED) is 0.892. The number of rotatable bonds is 2. The molecular formula is C19H21NS. The highest BCUT2D eigenvalue weighted by Gasteiger charge is 2.27. The summed E-state index contributed by atoms with van der Waals surface area (Å²) in [6.45, 7) is 0. The van der Waals surface area contributed by atoms with Crippen molar-refractivity contribution in [3.63, 3.8) is 0 Å². The minimum Gasteiger partial charge on any atom is -0.303 e. The molecule has 0 radical (unpaired) electrons. The molecule has 4 rings (SSSR count). The van der Waals surface area contributed by atoms with E-state index in [1.807, 2.05) is 0 Å². The minimum atomic E-state index is 0.370. The van der Waals surface area contributed by atoms with Crippen LogP contribution in [0.5, 0.6) is 0 Å². The first-order valence-corrected chi connectivity index (χ1v) is 9.07. The van der Waals surface area contributed by atoms with Gasteiger partial charge in [-0.05, 0) is 47.3 Å². The van der Waals surface area contributed by atoms with Gasteiger partial charge in [0.2, 0.25) is 0 Å². The normalized spacial score (nSPS) is 21.6. The molecule has 0 bridgehead atoms. The number of hydrogen-bond donors (Lipinski definition) is 1. The summed E-state index contributed by atoms with van der Waals surface area (Å²) in [5, 5.41) is 3.95. The Balaban J connectivity index is 1.70. The van der Waals surface area contributed by atoms with Crippen LogP contribution in [-0.4, -0.2) is 17.5 Å². The Morgan fingerprint density at radius 3 is 2.19 bits per heavy atom. The van der Waals surface area contributed by atoms with E-state index < -0.39 is 0 Å². The Hall–Kier alpha value is -1.25. The fourth-order valence-corrected chi connectivity index (χ4v) is 4.70. The lowest BCUT2D eigenvalue weighted by Gasteiger charge is -2.33. The van der Waals surface area contributed by atoms with E-state index in [0.717, 1.165) is 6.42 Å². The molecule has 1 aliphatic carbocycles. The van der Waals surface area contributed by atoms with Crippen molar-refractivity contribution >= 4 is 11.8 Å². The summed E-state index contributed by atoms with van der Waals surface area (Å²) in [5.41, 5.74) is 5.92. The van der Waals surface area contributed by atoms with Crippen molar-refractivity contribution in [2.24, 2.45) is 0 Å². The zero-order valence-electron chi connectivity index (χ0n) is 12.2. The van der Waals surface area contributed by atoms with Gasteiger partial charge in [-0.2, -0.15) is 11.8 Å².